The van der Waals surface area contributed by atoms with Crippen LogP contribution >= 0.6 is 0 Å². The first kappa shape index (κ1) is 21.1. The number of aromatic nitrogens is 1. The van der Waals surface area contributed by atoms with E-state index in [2.05, 4.69) is 15.6 Å². The van der Waals surface area contributed by atoms with E-state index >= 15 is 0 Å². The number of nitrogens with one attached hydrogen (secondary N) is 2. The summed E-state index contributed by atoms with van der Waals surface area (Å²) < 4.78 is 0. The summed E-state index contributed by atoms with van der Waals surface area (Å²) >= 11 is 0. The second kappa shape index (κ2) is 9.38. The Kier molecular flexibility index (Phi) is 5.82. The van der Waals surface area contributed by atoms with Gasteiger partial charge in [-0.25, -0.2) is 0 Å². The Morgan fingerprint density at radius 3 is 2.03 bits per heavy atom. The number of hydrogen-bond donors (Lipinski definition) is 2. The van der Waals surface area contributed by atoms with E-state index in [-0.39, 0.29) is 11.8 Å². The molecular weight excluding hydrogens is 422 g/mol. The van der Waals surface area contributed by atoms with Crippen LogP contribution in [0.15, 0.2) is 115 Å². The fourth-order valence-corrected chi connectivity index (χ4v) is 3.78. The molecule has 0 atom stereocenters. The zero-order valence-electron chi connectivity index (χ0n) is 18.2. The third-order valence-corrected chi connectivity index (χ3v) is 5.53. The Labute approximate surface area is 197 Å². The number of amides is 2. The molecular formula is C29H21N3O2. The Morgan fingerprint density at radius 2 is 1.26 bits per heavy atom. The largest absolute Gasteiger partial charge is 0.322 e. The molecule has 2 amide bonds. The Hall–Kier alpha value is -4.77. The zero-order valence-corrected chi connectivity index (χ0v) is 18.2. The molecule has 0 saturated carbocycles. The minimum atomic E-state index is -0.179. The normalized spacial score (nSPS) is 10.6. The van der Waals surface area contributed by atoms with Gasteiger partial charge in [-0.1, -0.05) is 66.7 Å². The van der Waals surface area contributed by atoms with Gasteiger partial charge in [0.05, 0.1) is 17.6 Å². The van der Waals surface area contributed by atoms with Gasteiger partial charge < -0.3 is 10.6 Å². The molecule has 5 aromatic rings. The summed E-state index contributed by atoms with van der Waals surface area (Å²) in [7, 11) is 0. The van der Waals surface area contributed by atoms with Gasteiger partial charge in [-0.2, -0.15) is 0 Å². The van der Waals surface area contributed by atoms with Gasteiger partial charge in [0.15, 0.2) is 0 Å². The maximum atomic E-state index is 12.9. The maximum Gasteiger partial charge on any atom is 0.256 e. The maximum absolute atomic E-state index is 12.9. The van der Waals surface area contributed by atoms with Gasteiger partial charge in [-0.3, -0.25) is 14.6 Å². The van der Waals surface area contributed by atoms with Gasteiger partial charge in [0.25, 0.3) is 11.8 Å². The molecule has 0 saturated heterocycles. The third-order valence-electron chi connectivity index (χ3n) is 5.53. The molecule has 0 radical (unpaired) electrons. The SMILES string of the molecule is O=C(Nc1ccc(-c2ccc(NC(=O)c3cccc4ccccc34)cc2)nc1)c1ccccc1. The number of benzene rings is 4. The Bertz CT molecular complexity index is 1460. The van der Waals surface area contributed by atoms with E-state index in [9.17, 15) is 9.59 Å². The lowest BCUT2D eigenvalue weighted by Crippen LogP contribution is -2.12. The van der Waals surface area contributed by atoms with Crippen LogP contribution < -0.4 is 10.6 Å². The van der Waals surface area contributed by atoms with Gasteiger partial charge in [0.2, 0.25) is 0 Å². The summed E-state index contributed by atoms with van der Waals surface area (Å²) in [6.07, 6.45) is 1.63. The van der Waals surface area contributed by atoms with E-state index in [1.165, 1.54) is 0 Å². The van der Waals surface area contributed by atoms with Gasteiger partial charge in [0.1, 0.15) is 0 Å². The number of carbonyl (C=O) groups excluding carboxylic acids is 2. The van der Waals surface area contributed by atoms with Crippen molar-refractivity contribution in [1.29, 1.82) is 0 Å². The summed E-state index contributed by atoms with van der Waals surface area (Å²) in [6, 6.07) is 33.8. The molecule has 5 rings (SSSR count). The predicted molar refractivity (Wildman–Crippen MR) is 136 cm³/mol. The molecule has 0 spiro atoms. The van der Waals surface area contributed by atoms with E-state index < -0.39 is 0 Å². The fourth-order valence-electron chi connectivity index (χ4n) is 3.78. The first-order chi connectivity index (χ1) is 16.7. The van der Waals surface area contributed by atoms with Crippen molar-refractivity contribution < 1.29 is 9.59 Å². The summed E-state index contributed by atoms with van der Waals surface area (Å²) in [5, 5.41) is 7.76. The van der Waals surface area contributed by atoms with Crippen molar-refractivity contribution in [1.82, 2.24) is 4.98 Å². The van der Waals surface area contributed by atoms with Crippen molar-refractivity contribution in [2.75, 3.05) is 10.6 Å². The average molecular weight is 444 g/mol. The summed E-state index contributed by atoms with van der Waals surface area (Å²) in [5.74, 6) is -0.331. The van der Waals surface area contributed by atoms with Crippen LogP contribution in [0.25, 0.3) is 22.0 Å². The van der Waals surface area contributed by atoms with Crippen LogP contribution in [-0.2, 0) is 0 Å². The lowest BCUT2D eigenvalue weighted by Gasteiger charge is -2.09. The van der Waals surface area contributed by atoms with Gasteiger partial charge in [-0.15, -0.1) is 0 Å². The number of nitrogens with zero attached hydrogens (tertiary/aromatic N) is 1. The minimum Gasteiger partial charge on any atom is -0.322 e. The van der Waals surface area contributed by atoms with E-state index in [0.717, 1.165) is 22.0 Å². The number of fused-ring (bicyclic) bond motifs is 1. The smallest absolute Gasteiger partial charge is 0.256 e. The molecule has 0 aliphatic carbocycles. The average Bonchev–Trinajstić information content (AvgIpc) is 2.90. The number of anilines is 2. The second-order valence-electron chi connectivity index (χ2n) is 7.81. The Morgan fingerprint density at radius 1 is 0.588 bits per heavy atom. The van der Waals surface area contributed by atoms with Gasteiger partial charge in [0, 0.05) is 22.4 Å². The van der Waals surface area contributed by atoms with Crippen molar-refractivity contribution in [2.24, 2.45) is 0 Å². The van der Waals surface area contributed by atoms with Crippen LogP contribution in [0.3, 0.4) is 0 Å². The number of rotatable bonds is 5. The van der Waals surface area contributed by atoms with E-state index in [1.807, 2.05) is 97.1 Å². The molecule has 1 heterocycles. The molecule has 34 heavy (non-hydrogen) atoms. The molecule has 164 valence electrons. The highest BCUT2D eigenvalue weighted by molar-refractivity contribution is 6.13. The highest BCUT2D eigenvalue weighted by Crippen LogP contribution is 2.23. The van der Waals surface area contributed by atoms with E-state index in [1.54, 1.807) is 18.3 Å². The van der Waals surface area contributed by atoms with Crippen molar-refractivity contribution in [2.45, 2.75) is 0 Å². The summed E-state index contributed by atoms with van der Waals surface area (Å²) in [5.41, 5.74) is 4.23. The van der Waals surface area contributed by atoms with E-state index in [0.29, 0.717) is 22.5 Å². The molecule has 0 unspecified atom stereocenters. The number of carbonyl (C=O) groups is 2. The second-order valence-corrected chi connectivity index (χ2v) is 7.81. The minimum absolute atomic E-state index is 0.152. The van der Waals surface area contributed by atoms with Crippen LogP contribution in [0.5, 0.6) is 0 Å². The van der Waals surface area contributed by atoms with Crippen LogP contribution in [-0.4, -0.2) is 16.8 Å². The number of pyridine rings is 1. The molecule has 1 aromatic heterocycles. The molecule has 5 heteroatoms. The quantitative estimate of drug-likeness (QED) is 0.330. The lowest BCUT2D eigenvalue weighted by atomic mass is 10.0. The molecule has 5 nitrogen and oxygen atoms in total. The predicted octanol–water partition coefficient (Wildman–Crippen LogP) is 6.41. The third kappa shape index (κ3) is 4.54. The first-order valence-corrected chi connectivity index (χ1v) is 10.9. The van der Waals surface area contributed by atoms with Crippen molar-refractivity contribution >= 4 is 34.0 Å². The summed E-state index contributed by atoms with van der Waals surface area (Å²) in [4.78, 5) is 29.6. The van der Waals surface area contributed by atoms with Crippen LogP contribution in [0.1, 0.15) is 20.7 Å². The molecule has 0 aliphatic heterocycles. The monoisotopic (exact) mass is 443 g/mol. The summed E-state index contributed by atoms with van der Waals surface area (Å²) in [6.45, 7) is 0. The molecule has 0 bridgehead atoms. The van der Waals surface area contributed by atoms with Gasteiger partial charge in [-0.05, 0) is 53.2 Å². The van der Waals surface area contributed by atoms with Crippen LogP contribution in [0, 0.1) is 0 Å². The van der Waals surface area contributed by atoms with Crippen molar-refractivity contribution in [3.05, 3.63) is 127 Å². The molecule has 2 N–H and O–H groups in total. The zero-order chi connectivity index (χ0) is 23.3. The topological polar surface area (TPSA) is 71.1 Å². The standard InChI is InChI=1S/C29H21N3O2/c33-28(22-8-2-1-3-9-22)32-24-17-18-27(30-19-24)21-13-15-23(16-14-21)31-29(34)26-12-6-10-20-7-4-5-11-25(20)26/h1-19H,(H,31,34)(H,32,33). The molecule has 4 aromatic carbocycles. The van der Waals surface area contributed by atoms with Crippen molar-refractivity contribution in [3.63, 3.8) is 0 Å². The van der Waals surface area contributed by atoms with E-state index in [4.69, 9.17) is 0 Å². The van der Waals surface area contributed by atoms with Crippen LogP contribution in [0.2, 0.25) is 0 Å². The van der Waals surface area contributed by atoms with Crippen LogP contribution in [0.4, 0.5) is 11.4 Å². The highest BCUT2D eigenvalue weighted by atomic mass is 16.2. The molecule has 0 aliphatic rings. The molecule has 0 fully saturated rings. The fraction of sp³-hybridized carbons (Fsp3) is 0. The van der Waals surface area contributed by atoms with Gasteiger partial charge >= 0.3 is 0 Å². The van der Waals surface area contributed by atoms with Crippen molar-refractivity contribution in [3.8, 4) is 11.3 Å². The first-order valence-electron chi connectivity index (χ1n) is 10.9. The Balaban J connectivity index is 1.27. The highest BCUT2D eigenvalue weighted by Gasteiger charge is 2.10. The number of hydrogen-bond acceptors (Lipinski definition) is 3. The lowest BCUT2D eigenvalue weighted by molar-refractivity contribution is 0.101.